The van der Waals surface area contributed by atoms with Crippen LogP contribution < -0.4 is 4.74 Å². The minimum atomic E-state index is 0.555. The van der Waals surface area contributed by atoms with Gasteiger partial charge in [0.15, 0.2) is 0 Å². The van der Waals surface area contributed by atoms with Crippen molar-refractivity contribution in [2.45, 2.75) is 4.90 Å². The summed E-state index contributed by atoms with van der Waals surface area (Å²) in [6, 6.07) is 5.22. The van der Waals surface area contributed by atoms with Crippen molar-refractivity contribution in [1.29, 1.82) is 5.26 Å². The quantitative estimate of drug-likeness (QED) is 0.543. The van der Waals surface area contributed by atoms with Crippen LogP contribution in [0.4, 0.5) is 0 Å². The minimum absolute atomic E-state index is 0.555. The van der Waals surface area contributed by atoms with Gasteiger partial charge in [0.1, 0.15) is 11.2 Å². The number of rotatable bonds is 2. The summed E-state index contributed by atoms with van der Waals surface area (Å²) in [5.74, 6) is 0.594. The highest BCUT2D eigenvalue weighted by Gasteiger charge is 2.01. The molecule has 1 rings (SSSR count). The average molecular weight is 200 g/mol. The summed E-state index contributed by atoms with van der Waals surface area (Å²) < 4.78 is 4.98. The van der Waals surface area contributed by atoms with Crippen molar-refractivity contribution in [2.24, 2.45) is 0 Å². The molecule has 0 spiro atoms. The molecule has 2 nitrogen and oxygen atoms in total. The highest BCUT2D eigenvalue weighted by molar-refractivity contribution is 8.03. The van der Waals surface area contributed by atoms with E-state index in [2.05, 4.69) is 0 Å². The van der Waals surface area contributed by atoms with Gasteiger partial charge in [-0.25, -0.2) is 0 Å². The standard InChI is InChI=1S/C8H6ClNOS/c1-11-8-4-6(12-5-10)2-3-7(8)9/h2-4H,1H3. The van der Waals surface area contributed by atoms with Crippen molar-refractivity contribution in [3.63, 3.8) is 0 Å². The van der Waals surface area contributed by atoms with E-state index in [9.17, 15) is 0 Å². The van der Waals surface area contributed by atoms with Crippen LogP contribution in [0.1, 0.15) is 0 Å². The van der Waals surface area contributed by atoms with Gasteiger partial charge in [-0.05, 0) is 30.0 Å². The van der Waals surface area contributed by atoms with Crippen molar-refractivity contribution in [3.05, 3.63) is 23.2 Å². The largest absolute Gasteiger partial charge is 0.495 e. The molecule has 0 saturated carbocycles. The van der Waals surface area contributed by atoms with E-state index in [1.165, 1.54) is 0 Å². The maximum absolute atomic E-state index is 8.39. The predicted molar refractivity (Wildman–Crippen MR) is 49.5 cm³/mol. The Kier molecular flexibility index (Phi) is 3.27. The van der Waals surface area contributed by atoms with Crippen molar-refractivity contribution in [3.8, 4) is 11.2 Å². The Labute approximate surface area is 80.1 Å². The van der Waals surface area contributed by atoms with Crippen molar-refractivity contribution < 1.29 is 4.74 Å². The molecule has 0 aliphatic rings. The van der Waals surface area contributed by atoms with E-state index in [4.69, 9.17) is 21.6 Å². The number of hydrogen-bond donors (Lipinski definition) is 0. The highest BCUT2D eigenvalue weighted by Crippen LogP contribution is 2.29. The zero-order valence-electron chi connectivity index (χ0n) is 6.37. The van der Waals surface area contributed by atoms with Crippen LogP contribution in [-0.4, -0.2) is 7.11 Å². The van der Waals surface area contributed by atoms with E-state index in [1.807, 2.05) is 5.40 Å². The third-order valence-electron chi connectivity index (χ3n) is 1.29. The van der Waals surface area contributed by atoms with Crippen molar-refractivity contribution in [1.82, 2.24) is 0 Å². The Bertz CT molecular complexity index is 321. The van der Waals surface area contributed by atoms with Gasteiger partial charge in [-0.3, -0.25) is 0 Å². The summed E-state index contributed by atoms with van der Waals surface area (Å²) in [5.41, 5.74) is 0. The molecule has 0 aromatic heterocycles. The van der Waals surface area contributed by atoms with Crippen LogP contribution in [0.25, 0.3) is 0 Å². The molecule has 0 aliphatic heterocycles. The number of thiocyanates is 1. The smallest absolute Gasteiger partial charge is 0.138 e. The number of hydrogen-bond acceptors (Lipinski definition) is 3. The molecular weight excluding hydrogens is 194 g/mol. The summed E-state index contributed by atoms with van der Waals surface area (Å²) >= 11 is 6.86. The molecule has 0 saturated heterocycles. The number of thioether (sulfide) groups is 1. The second-order valence-electron chi connectivity index (χ2n) is 1.99. The van der Waals surface area contributed by atoms with Crippen LogP contribution >= 0.6 is 23.4 Å². The molecule has 62 valence electrons. The summed E-state index contributed by atoms with van der Waals surface area (Å²) in [5, 5.41) is 10.9. The fourth-order valence-corrected chi connectivity index (χ4v) is 1.36. The average Bonchev–Trinajstić information content (AvgIpc) is 2.09. The lowest BCUT2D eigenvalue weighted by molar-refractivity contribution is 0.414. The molecule has 12 heavy (non-hydrogen) atoms. The normalized spacial score (nSPS) is 9.08. The molecule has 0 amide bonds. The van der Waals surface area contributed by atoms with Gasteiger partial charge in [0, 0.05) is 4.90 Å². The lowest BCUT2D eigenvalue weighted by Crippen LogP contribution is -1.83. The number of nitriles is 1. The number of benzene rings is 1. The predicted octanol–water partition coefficient (Wildman–Crippen LogP) is 2.92. The van der Waals surface area contributed by atoms with E-state index < -0.39 is 0 Å². The van der Waals surface area contributed by atoms with Crippen LogP contribution in [0.15, 0.2) is 23.1 Å². The molecule has 0 N–H and O–H groups in total. The Hall–Kier alpha value is -0.850. The van der Waals surface area contributed by atoms with Crippen LogP contribution in [0.2, 0.25) is 5.02 Å². The Morgan fingerprint density at radius 1 is 1.58 bits per heavy atom. The molecule has 1 aromatic carbocycles. The molecule has 0 aliphatic carbocycles. The number of nitrogens with zero attached hydrogens (tertiary/aromatic N) is 1. The summed E-state index contributed by atoms with van der Waals surface area (Å²) in [7, 11) is 1.54. The molecule has 0 unspecified atom stereocenters. The van der Waals surface area contributed by atoms with Crippen molar-refractivity contribution >= 4 is 23.4 Å². The van der Waals surface area contributed by atoms with Gasteiger partial charge in [-0.2, -0.15) is 5.26 Å². The summed E-state index contributed by atoms with van der Waals surface area (Å²) in [4.78, 5) is 0.832. The molecule has 0 heterocycles. The van der Waals surface area contributed by atoms with Crippen LogP contribution in [0, 0.1) is 10.7 Å². The molecule has 0 atom stereocenters. The fourth-order valence-electron chi connectivity index (χ4n) is 0.756. The lowest BCUT2D eigenvalue weighted by atomic mass is 10.3. The SMILES string of the molecule is COc1cc(SC#N)ccc1Cl. The van der Waals surface area contributed by atoms with E-state index >= 15 is 0 Å². The first kappa shape index (κ1) is 9.24. The van der Waals surface area contributed by atoms with E-state index in [0.29, 0.717) is 10.8 Å². The Morgan fingerprint density at radius 3 is 2.92 bits per heavy atom. The maximum Gasteiger partial charge on any atom is 0.138 e. The zero-order chi connectivity index (χ0) is 8.97. The topological polar surface area (TPSA) is 33.0 Å². The highest BCUT2D eigenvalue weighted by atomic mass is 35.5. The third kappa shape index (κ3) is 2.07. The Morgan fingerprint density at radius 2 is 2.33 bits per heavy atom. The Balaban J connectivity index is 2.98. The van der Waals surface area contributed by atoms with Crippen LogP contribution in [0.3, 0.4) is 0 Å². The maximum atomic E-state index is 8.39. The zero-order valence-corrected chi connectivity index (χ0v) is 7.95. The van der Waals surface area contributed by atoms with Crippen molar-refractivity contribution in [2.75, 3.05) is 7.11 Å². The third-order valence-corrected chi connectivity index (χ3v) is 2.18. The molecule has 0 bridgehead atoms. The molecule has 4 heteroatoms. The number of halogens is 1. The lowest BCUT2D eigenvalue weighted by Gasteiger charge is -2.02. The second kappa shape index (κ2) is 4.24. The van der Waals surface area contributed by atoms with Gasteiger partial charge < -0.3 is 4.74 Å². The van der Waals surface area contributed by atoms with Crippen LogP contribution in [0.5, 0.6) is 5.75 Å². The minimum Gasteiger partial charge on any atom is -0.495 e. The number of methoxy groups -OCH3 is 1. The summed E-state index contributed by atoms with van der Waals surface area (Å²) in [6.45, 7) is 0. The monoisotopic (exact) mass is 199 g/mol. The first-order valence-corrected chi connectivity index (χ1v) is 4.37. The molecule has 0 radical (unpaired) electrons. The van der Waals surface area contributed by atoms with E-state index in [0.717, 1.165) is 16.7 Å². The first-order chi connectivity index (χ1) is 5.77. The van der Waals surface area contributed by atoms with Gasteiger partial charge >= 0.3 is 0 Å². The van der Waals surface area contributed by atoms with Gasteiger partial charge in [0.25, 0.3) is 0 Å². The van der Waals surface area contributed by atoms with E-state index in [1.54, 1.807) is 25.3 Å². The number of ether oxygens (including phenoxy) is 1. The molecule has 1 aromatic rings. The second-order valence-corrected chi connectivity index (χ2v) is 3.26. The fraction of sp³-hybridized carbons (Fsp3) is 0.125. The van der Waals surface area contributed by atoms with Gasteiger partial charge in [-0.15, -0.1) is 0 Å². The first-order valence-electron chi connectivity index (χ1n) is 3.17. The van der Waals surface area contributed by atoms with Gasteiger partial charge in [0.05, 0.1) is 12.1 Å². The molecule has 0 fully saturated rings. The summed E-state index contributed by atoms with van der Waals surface area (Å²) in [6.07, 6.45) is 0. The van der Waals surface area contributed by atoms with Crippen LogP contribution in [-0.2, 0) is 0 Å². The van der Waals surface area contributed by atoms with Gasteiger partial charge in [-0.1, -0.05) is 11.6 Å². The molecular formula is C8H6ClNOS. The van der Waals surface area contributed by atoms with Gasteiger partial charge in [0.2, 0.25) is 0 Å². The van der Waals surface area contributed by atoms with E-state index in [-0.39, 0.29) is 0 Å².